The Bertz CT molecular complexity index is 1360. The molecule has 2 N–H and O–H groups in total. The second-order valence-corrected chi connectivity index (χ2v) is 9.64. The summed E-state index contributed by atoms with van der Waals surface area (Å²) in [5.41, 5.74) is -2.25. The van der Waals surface area contributed by atoms with Crippen LogP contribution in [0.3, 0.4) is 0 Å². The molecule has 3 rings (SSSR count). The third kappa shape index (κ3) is 5.57. The van der Waals surface area contributed by atoms with E-state index in [-0.39, 0.29) is 21.4 Å². The van der Waals surface area contributed by atoms with Crippen molar-refractivity contribution in [1.82, 2.24) is 10.2 Å². The number of hydrogen-bond acceptors (Lipinski definition) is 7. The average molecular weight is 515 g/mol. The number of nitrogens with zero attached hydrogens (tertiary/aromatic N) is 2. The molecule has 1 unspecified atom stereocenters. The van der Waals surface area contributed by atoms with Crippen molar-refractivity contribution in [1.29, 1.82) is 4.78 Å². The molecule has 0 aliphatic heterocycles. The van der Waals surface area contributed by atoms with Gasteiger partial charge in [0, 0.05) is 22.9 Å². The number of aromatic nitrogens is 2. The molecule has 34 heavy (non-hydrogen) atoms. The molecule has 13 heteroatoms. The van der Waals surface area contributed by atoms with Crippen molar-refractivity contribution < 1.29 is 31.6 Å². The van der Waals surface area contributed by atoms with E-state index < -0.39 is 44.5 Å². The lowest BCUT2D eigenvalue weighted by Gasteiger charge is -2.16. The first kappa shape index (κ1) is 25.2. The Labute approximate surface area is 198 Å². The van der Waals surface area contributed by atoms with E-state index in [2.05, 4.69) is 15.5 Å². The second-order valence-electron chi connectivity index (χ2n) is 7.08. The van der Waals surface area contributed by atoms with E-state index in [4.69, 9.17) is 25.9 Å². The maximum atomic E-state index is 13.4. The Balaban J connectivity index is 2.06. The number of anilines is 1. The van der Waals surface area contributed by atoms with Crippen LogP contribution in [-0.4, -0.2) is 33.7 Å². The molecule has 0 aliphatic carbocycles. The maximum absolute atomic E-state index is 13.4. The van der Waals surface area contributed by atoms with E-state index in [9.17, 15) is 22.2 Å². The molecule has 0 bridgehead atoms. The minimum atomic E-state index is -4.87. The topological polar surface area (TPSA) is 114 Å². The molecule has 1 heterocycles. The molecule has 180 valence electrons. The third-order valence-electron chi connectivity index (χ3n) is 4.56. The van der Waals surface area contributed by atoms with Crippen LogP contribution in [0.4, 0.5) is 18.9 Å². The summed E-state index contributed by atoms with van der Waals surface area (Å²) in [6, 6.07) is 9.86. The van der Waals surface area contributed by atoms with Crippen LogP contribution in [0.1, 0.15) is 21.6 Å². The number of methoxy groups -OCH3 is 1. The highest BCUT2D eigenvalue weighted by molar-refractivity contribution is 7.91. The SMILES string of the molecule is COc1ccc(Oc2nnc(C(F)(F)F)c(C)c2C(=O)Nc2cccc(S(C)(=N)=O)c2)cc1Cl. The normalized spacial score (nSPS) is 13.1. The zero-order chi connectivity index (χ0) is 25.3. The van der Waals surface area contributed by atoms with Gasteiger partial charge in [-0.2, -0.15) is 13.2 Å². The van der Waals surface area contributed by atoms with Crippen LogP contribution in [0.2, 0.25) is 5.02 Å². The van der Waals surface area contributed by atoms with E-state index in [1.165, 1.54) is 55.8 Å². The van der Waals surface area contributed by atoms with E-state index in [1.807, 2.05) is 0 Å². The Morgan fingerprint density at radius 2 is 1.88 bits per heavy atom. The predicted molar refractivity (Wildman–Crippen MR) is 119 cm³/mol. The molecule has 8 nitrogen and oxygen atoms in total. The summed E-state index contributed by atoms with van der Waals surface area (Å²) in [6.45, 7) is 1.07. The molecule has 1 amide bonds. The van der Waals surface area contributed by atoms with Crippen LogP contribution in [0.15, 0.2) is 47.4 Å². The zero-order valence-corrected chi connectivity index (χ0v) is 19.6. The van der Waals surface area contributed by atoms with E-state index >= 15 is 0 Å². The molecule has 3 aromatic rings. The van der Waals surface area contributed by atoms with Crippen LogP contribution in [-0.2, 0) is 15.9 Å². The highest BCUT2D eigenvalue weighted by atomic mass is 35.5. The van der Waals surface area contributed by atoms with Gasteiger partial charge in [0.05, 0.1) is 21.9 Å². The van der Waals surface area contributed by atoms with Crippen LogP contribution in [0.5, 0.6) is 17.4 Å². The van der Waals surface area contributed by atoms with Crippen molar-refractivity contribution in [2.24, 2.45) is 0 Å². The molecule has 0 aliphatic rings. The largest absolute Gasteiger partial charge is 0.495 e. The zero-order valence-electron chi connectivity index (χ0n) is 18.0. The van der Waals surface area contributed by atoms with Crippen molar-refractivity contribution in [2.45, 2.75) is 18.0 Å². The smallest absolute Gasteiger partial charge is 0.435 e. The summed E-state index contributed by atoms with van der Waals surface area (Å²) in [7, 11) is -1.68. The van der Waals surface area contributed by atoms with Gasteiger partial charge in [0.25, 0.3) is 11.8 Å². The predicted octanol–water partition coefficient (Wildman–Crippen LogP) is 5.55. The fourth-order valence-electron chi connectivity index (χ4n) is 2.94. The van der Waals surface area contributed by atoms with E-state index in [1.54, 1.807) is 0 Å². The van der Waals surface area contributed by atoms with Crippen LogP contribution in [0, 0.1) is 11.7 Å². The Kier molecular flexibility index (Phi) is 7.03. The first-order valence-corrected chi connectivity index (χ1v) is 11.8. The van der Waals surface area contributed by atoms with Gasteiger partial charge in [-0.25, -0.2) is 8.99 Å². The summed E-state index contributed by atoms with van der Waals surface area (Å²) >= 11 is 6.07. The molecule has 1 aromatic heterocycles. The molecule has 0 radical (unpaired) electrons. The standard InChI is InChI=1S/C21H18ClF3N4O4S/c1-11-17(19(30)27-12-5-4-6-14(9-12)34(3,26)31)20(29-28-18(11)21(23,24)25)33-13-7-8-16(32-2)15(22)10-13/h4-10,26H,1-3H3,(H,27,30). The Morgan fingerprint density at radius 1 is 1.18 bits per heavy atom. The number of nitrogens with one attached hydrogen (secondary N) is 2. The second kappa shape index (κ2) is 9.47. The van der Waals surface area contributed by atoms with Gasteiger partial charge in [0.1, 0.15) is 17.1 Å². The lowest BCUT2D eigenvalue weighted by molar-refractivity contribution is -0.142. The number of alkyl halides is 3. The lowest BCUT2D eigenvalue weighted by Crippen LogP contribution is -2.21. The number of carbonyl (C=O) groups excluding carboxylic acids is 1. The molecule has 1 atom stereocenters. The van der Waals surface area contributed by atoms with Gasteiger partial charge in [0.2, 0.25) is 0 Å². The summed E-state index contributed by atoms with van der Waals surface area (Å²) < 4.78 is 70.6. The number of rotatable bonds is 6. The van der Waals surface area contributed by atoms with Crippen LogP contribution >= 0.6 is 11.6 Å². The van der Waals surface area contributed by atoms with Gasteiger partial charge in [0.15, 0.2) is 5.69 Å². The van der Waals surface area contributed by atoms with Gasteiger partial charge in [-0.1, -0.05) is 17.7 Å². The number of halogens is 4. The maximum Gasteiger partial charge on any atom is 0.435 e. The van der Waals surface area contributed by atoms with Crippen molar-refractivity contribution >= 4 is 32.9 Å². The van der Waals surface area contributed by atoms with Crippen molar-refractivity contribution in [3.8, 4) is 17.4 Å². The first-order valence-electron chi connectivity index (χ1n) is 9.42. The number of hydrogen-bond donors (Lipinski definition) is 2. The van der Waals surface area contributed by atoms with Gasteiger partial charge < -0.3 is 14.8 Å². The van der Waals surface area contributed by atoms with Gasteiger partial charge in [-0.3, -0.25) is 4.79 Å². The number of carbonyl (C=O) groups is 1. The van der Waals surface area contributed by atoms with E-state index in [0.717, 1.165) is 6.92 Å². The molecule has 0 spiro atoms. The van der Waals surface area contributed by atoms with Crippen molar-refractivity contribution in [3.63, 3.8) is 0 Å². The fourth-order valence-corrected chi connectivity index (χ4v) is 3.88. The minimum absolute atomic E-state index is 0.0789. The molecule has 0 saturated carbocycles. The molecule has 0 saturated heterocycles. The lowest BCUT2D eigenvalue weighted by atomic mass is 10.1. The van der Waals surface area contributed by atoms with Crippen molar-refractivity contribution in [2.75, 3.05) is 18.7 Å². The third-order valence-corrected chi connectivity index (χ3v) is 6.01. The fraction of sp³-hybridized carbons (Fsp3) is 0.190. The Hall–Kier alpha value is -3.38. The van der Waals surface area contributed by atoms with Gasteiger partial charge in [-0.05, 0) is 42.8 Å². The first-order chi connectivity index (χ1) is 15.8. The molecule has 0 fully saturated rings. The quantitative estimate of drug-likeness (QED) is 0.446. The highest BCUT2D eigenvalue weighted by Gasteiger charge is 2.38. The summed E-state index contributed by atoms with van der Waals surface area (Å²) in [4.78, 5) is 13.2. The minimum Gasteiger partial charge on any atom is -0.495 e. The molecular formula is C21H18ClF3N4O4S. The summed E-state index contributed by atoms with van der Waals surface area (Å²) in [6.07, 6.45) is -3.67. The summed E-state index contributed by atoms with van der Waals surface area (Å²) in [5, 5.41) is 9.29. The highest BCUT2D eigenvalue weighted by Crippen LogP contribution is 2.36. The monoisotopic (exact) mass is 514 g/mol. The molecule has 2 aromatic carbocycles. The van der Waals surface area contributed by atoms with Gasteiger partial charge >= 0.3 is 6.18 Å². The number of benzene rings is 2. The van der Waals surface area contributed by atoms with Crippen LogP contribution < -0.4 is 14.8 Å². The summed E-state index contributed by atoms with van der Waals surface area (Å²) in [5.74, 6) is -1.05. The van der Waals surface area contributed by atoms with E-state index in [0.29, 0.717) is 5.75 Å². The number of ether oxygens (including phenoxy) is 2. The van der Waals surface area contributed by atoms with Gasteiger partial charge in [-0.15, -0.1) is 10.2 Å². The van der Waals surface area contributed by atoms with Crippen molar-refractivity contribution in [3.05, 3.63) is 64.3 Å². The number of amides is 1. The van der Waals surface area contributed by atoms with Crippen LogP contribution in [0.25, 0.3) is 0 Å². The average Bonchev–Trinajstić information content (AvgIpc) is 2.72. The Morgan fingerprint density at radius 3 is 2.47 bits per heavy atom. The molecular weight excluding hydrogens is 497 g/mol.